The topological polar surface area (TPSA) is 105 Å². The Kier molecular flexibility index (Phi) is 9.37. The van der Waals surface area contributed by atoms with Gasteiger partial charge in [0.05, 0.1) is 18.3 Å². The molecule has 1 unspecified atom stereocenters. The lowest BCUT2D eigenvalue weighted by Gasteiger charge is -2.23. The average Bonchev–Trinajstić information content (AvgIpc) is 3.02. The number of aromatic nitrogens is 1. The number of hydrogen-bond donors (Lipinski definition) is 3. The molecular formula is C20H33N5O3S. The summed E-state index contributed by atoms with van der Waals surface area (Å²) in [5, 5.41) is 10.3. The first-order chi connectivity index (χ1) is 14.0. The molecule has 1 aromatic heterocycles. The van der Waals surface area contributed by atoms with Crippen molar-refractivity contribution in [3.05, 3.63) is 15.6 Å². The lowest BCUT2D eigenvalue weighted by Crippen LogP contribution is -2.39. The van der Waals surface area contributed by atoms with Gasteiger partial charge in [-0.05, 0) is 47.0 Å². The maximum absolute atomic E-state index is 12.0. The molecule has 0 radical (unpaired) electrons. The number of thiazole rings is 1. The first-order valence-electron chi connectivity index (χ1n) is 10.4. The van der Waals surface area contributed by atoms with E-state index >= 15 is 0 Å². The van der Waals surface area contributed by atoms with Crippen molar-refractivity contribution in [3.8, 4) is 0 Å². The van der Waals surface area contributed by atoms with Crippen LogP contribution in [0, 0.1) is 12.8 Å². The quantitative estimate of drug-likeness (QED) is 0.231. The summed E-state index contributed by atoms with van der Waals surface area (Å²) in [6.45, 7) is 9.93. The number of hydrogen-bond acceptors (Lipinski definition) is 6. The summed E-state index contributed by atoms with van der Waals surface area (Å²) < 4.78 is 5.08. The second kappa shape index (κ2) is 11.7. The molecule has 0 spiro atoms. The number of ether oxygens (including phenoxy) is 1. The average molecular weight is 424 g/mol. The maximum atomic E-state index is 12.0. The van der Waals surface area contributed by atoms with Crippen LogP contribution in [0.15, 0.2) is 4.99 Å². The molecule has 1 aliphatic carbocycles. The highest BCUT2D eigenvalue weighted by Gasteiger charge is 2.24. The van der Waals surface area contributed by atoms with Gasteiger partial charge < -0.3 is 20.7 Å². The Morgan fingerprint density at radius 2 is 2.07 bits per heavy atom. The Hall–Kier alpha value is -2.16. The van der Waals surface area contributed by atoms with Crippen LogP contribution in [0.25, 0.3) is 0 Å². The summed E-state index contributed by atoms with van der Waals surface area (Å²) >= 11 is 1.34. The molecule has 0 saturated heterocycles. The van der Waals surface area contributed by atoms with Crippen molar-refractivity contribution < 1.29 is 14.3 Å². The first-order valence-corrected chi connectivity index (χ1v) is 11.2. The second-order valence-corrected chi connectivity index (χ2v) is 8.12. The fourth-order valence-electron chi connectivity index (χ4n) is 2.87. The number of carbonyl (C=O) groups excluding carboxylic acids is 2. The van der Waals surface area contributed by atoms with Crippen LogP contribution in [0.4, 0.5) is 0 Å². The molecule has 9 heteroatoms. The molecule has 1 saturated carbocycles. The lowest BCUT2D eigenvalue weighted by molar-refractivity contribution is -0.127. The van der Waals surface area contributed by atoms with E-state index in [1.54, 1.807) is 6.92 Å². The zero-order chi connectivity index (χ0) is 21.2. The number of guanidine groups is 1. The first kappa shape index (κ1) is 23.1. The largest absolute Gasteiger partial charge is 0.462 e. The van der Waals surface area contributed by atoms with E-state index < -0.39 is 0 Å². The van der Waals surface area contributed by atoms with E-state index in [-0.39, 0.29) is 23.8 Å². The molecular weight excluding hydrogens is 390 g/mol. The monoisotopic (exact) mass is 423 g/mol. The summed E-state index contributed by atoms with van der Waals surface area (Å²) in [7, 11) is 0. The SMILES string of the molecule is CCNC(=NCCCNC(=O)C1CCC1)NC(C)c1nc(C)c(C(=O)OCC)s1. The summed E-state index contributed by atoms with van der Waals surface area (Å²) in [5.74, 6) is 0.761. The Morgan fingerprint density at radius 1 is 1.31 bits per heavy atom. The smallest absolute Gasteiger partial charge is 0.350 e. The van der Waals surface area contributed by atoms with Crippen LogP contribution in [0.2, 0.25) is 0 Å². The Morgan fingerprint density at radius 3 is 2.69 bits per heavy atom. The number of esters is 1. The molecule has 162 valence electrons. The molecule has 29 heavy (non-hydrogen) atoms. The Balaban J connectivity index is 1.84. The van der Waals surface area contributed by atoms with Crippen molar-refractivity contribution in [2.45, 2.75) is 59.4 Å². The zero-order valence-electron chi connectivity index (χ0n) is 17.8. The highest BCUT2D eigenvalue weighted by atomic mass is 32.1. The molecule has 1 atom stereocenters. The molecule has 0 aromatic carbocycles. The summed E-state index contributed by atoms with van der Waals surface area (Å²) in [6.07, 6.45) is 3.99. The highest BCUT2D eigenvalue weighted by Crippen LogP contribution is 2.26. The van der Waals surface area contributed by atoms with Gasteiger partial charge in [0, 0.05) is 25.6 Å². The number of nitrogens with zero attached hydrogens (tertiary/aromatic N) is 2. The standard InChI is InChI=1S/C20H33N5O3S/c1-5-21-20(23-12-8-11-22-17(26)15-9-7-10-15)25-14(4)18-24-13(3)16(29-18)19(27)28-6-2/h14-15H,5-12H2,1-4H3,(H,22,26)(H2,21,23,25). The summed E-state index contributed by atoms with van der Waals surface area (Å²) in [4.78, 5) is 33.5. The van der Waals surface area contributed by atoms with Gasteiger partial charge in [-0.25, -0.2) is 9.78 Å². The van der Waals surface area contributed by atoms with Crippen molar-refractivity contribution in [2.75, 3.05) is 26.2 Å². The van der Waals surface area contributed by atoms with Crippen LogP contribution in [0.5, 0.6) is 0 Å². The molecule has 1 fully saturated rings. The predicted octanol–water partition coefficient (Wildman–Crippen LogP) is 2.55. The van der Waals surface area contributed by atoms with Gasteiger partial charge in [-0.2, -0.15) is 0 Å². The number of nitrogens with one attached hydrogen (secondary N) is 3. The Bertz CT molecular complexity index is 715. The van der Waals surface area contributed by atoms with Gasteiger partial charge in [-0.3, -0.25) is 9.79 Å². The van der Waals surface area contributed by atoms with E-state index in [1.807, 2.05) is 20.8 Å². The molecule has 0 aliphatic heterocycles. The summed E-state index contributed by atoms with van der Waals surface area (Å²) in [6, 6.07) is -0.0991. The van der Waals surface area contributed by atoms with E-state index in [2.05, 4.69) is 25.9 Å². The van der Waals surface area contributed by atoms with E-state index in [1.165, 1.54) is 11.3 Å². The van der Waals surface area contributed by atoms with Crippen molar-refractivity contribution >= 4 is 29.2 Å². The third kappa shape index (κ3) is 6.99. The van der Waals surface area contributed by atoms with Crippen LogP contribution in [0.3, 0.4) is 0 Å². The van der Waals surface area contributed by atoms with Crippen molar-refractivity contribution in [2.24, 2.45) is 10.9 Å². The minimum Gasteiger partial charge on any atom is -0.462 e. The minimum absolute atomic E-state index is 0.0991. The maximum Gasteiger partial charge on any atom is 0.350 e. The fraction of sp³-hybridized carbons (Fsp3) is 0.700. The molecule has 1 heterocycles. The molecule has 8 nitrogen and oxygen atoms in total. The van der Waals surface area contributed by atoms with E-state index in [9.17, 15) is 9.59 Å². The number of rotatable bonds is 10. The van der Waals surface area contributed by atoms with E-state index in [4.69, 9.17) is 4.74 Å². The zero-order valence-corrected chi connectivity index (χ0v) is 18.7. The summed E-state index contributed by atoms with van der Waals surface area (Å²) in [5.41, 5.74) is 0.682. The van der Waals surface area contributed by atoms with Crippen molar-refractivity contribution in [3.63, 3.8) is 0 Å². The van der Waals surface area contributed by atoms with Crippen LogP contribution in [-0.4, -0.2) is 49.1 Å². The van der Waals surface area contributed by atoms with Gasteiger partial charge in [0.1, 0.15) is 9.88 Å². The van der Waals surface area contributed by atoms with E-state index in [0.717, 1.165) is 37.2 Å². The Labute approximate surface area is 176 Å². The molecule has 1 amide bonds. The van der Waals surface area contributed by atoms with Crippen LogP contribution >= 0.6 is 11.3 Å². The van der Waals surface area contributed by atoms with Crippen LogP contribution < -0.4 is 16.0 Å². The number of aliphatic imine (C=N–C) groups is 1. The van der Waals surface area contributed by atoms with Gasteiger partial charge >= 0.3 is 5.97 Å². The van der Waals surface area contributed by atoms with Crippen molar-refractivity contribution in [1.29, 1.82) is 0 Å². The molecule has 2 rings (SSSR count). The van der Waals surface area contributed by atoms with Gasteiger partial charge in [-0.1, -0.05) is 6.42 Å². The fourth-order valence-corrected chi connectivity index (χ4v) is 3.83. The molecule has 1 aliphatic rings. The van der Waals surface area contributed by atoms with Crippen LogP contribution in [0.1, 0.15) is 72.9 Å². The molecule has 3 N–H and O–H groups in total. The number of carbonyl (C=O) groups is 2. The number of amides is 1. The number of aryl methyl sites for hydroxylation is 1. The second-order valence-electron chi connectivity index (χ2n) is 7.09. The minimum atomic E-state index is -0.328. The predicted molar refractivity (Wildman–Crippen MR) is 115 cm³/mol. The van der Waals surface area contributed by atoms with Gasteiger partial charge in [-0.15, -0.1) is 11.3 Å². The van der Waals surface area contributed by atoms with Crippen LogP contribution in [-0.2, 0) is 9.53 Å². The van der Waals surface area contributed by atoms with E-state index in [0.29, 0.717) is 36.2 Å². The highest BCUT2D eigenvalue weighted by molar-refractivity contribution is 7.13. The molecule has 0 bridgehead atoms. The lowest BCUT2D eigenvalue weighted by atomic mass is 9.85. The third-order valence-electron chi connectivity index (χ3n) is 4.72. The van der Waals surface area contributed by atoms with Gasteiger partial charge in [0.25, 0.3) is 0 Å². The molecule has 1 aromatic rings. The third-order valence-corrected chi connectivity index (χ3v) is 6.04. The normalized spacial score (nSPS) is 15.4. The van der Waals surface area contributed by atoms with Gasteiger partial charge in [0.15, 0.2) is 5.96 Å². The van der Waals surface area contributed by atoms with Gasteiger partial charge in [0.2, 0.25) is 5.91 Å². The van der Waals surface area contributed by atoms with Crippen molar-refractivity contribution in [1.82, 2.24) is 20.9 Å².